The summed E-state index contributed by atoms with van der Waals surface area (Å²) in [4.78, 5) is 0. The second kappa shape index (κ2) is 6.90. The predicted octanol–water partition coefficient (Wildman–Crippen LogP) is 3.93. The highest BCUT2D eigenvalue weighted by Gasteiger charge is 2.31. The van der Waals surface area contributed by atoms with Crippen molar-refractivity contribution in [2.45, 2.75) is 59.4 Å². The number of rotatable bonds is 6. The molecule has 1 N–H and O–H groups in total. The highest BCUT2D eigenvalue weighted by atomic mass is 32.2. The first-order chi connectivity index (χ1) is 7.52. The first-order valence-electron chi connectivity index (χ1n) is 6.83. The highest BCUT2D eigenvalue weighted by Crippen LogP contribution is 2.34. The van der Waals surface area contributed by atoms with Crippen molar-refractivity contribution in [3.05, 3.63) is 0 Å². The van der Waals surface area contributed by atoms with Crippen LogP contribution in [0.3, 0.4) is 0 Å². The van der Waals surface area contributed by atoms with Crippen LogP contribution in [0.2, 0.25) is 0 Å². The zero-order chi connectivity index (χ0) is 12.0. The van der Waals surface area contributed by atoms with Crippen molar-refractivity contribution in [2.24, 2.45) is 11.3 Å². The van der Waals surface area contributed by atoms with Gasteiger partial charge in [-0.3, -0.25) is 0 Å². The molecule has 1 heterocycles. The molecule has 0 bridgehead atoms. The fourth-order valence-electron chi connectivity index (χ4n) is 2.23. The number of hydrogen-bond donors (Lipinski definition) is 1. The summed E-state index contributed by atoms with van der Waals surface area (Å²) in [6.07, 6.45) is 5.46. The van der Waals surface area contributed by atoms with Gasteiger partial charge in [-0.2, -0.15) is 11.8 Å². The van der Waals surface area contributed by atoms with Crippen LogP contribution in [0.1, 0.15) is 53.4 Å². The van der Waals surface area contributed by atoms with Crippen molar-refractivity contribution in [3.8, 4) is 0 Å². The standard InChI is InChI=1S/C14H29NS/c1-12(2)7-5-6-9-15-13-11-16-10-8-14(13,3)4/h12-13,15H,5-11H2,1-4H3. The van der Waals surface area contributed by atoms with Crippen LogP contribution < -0.4 is 5.32 Å². The van der Waals surface area contributed by atoms with E-state index in [0.717, 1.165) is 12.0 Å². The average Bonchev–Trinajstić information content (AvgIpc) is 2.19. The van der Waals surface area contributed by atoms with Crippen LogP contribution in [0.25, 0.3) is 0 Å². The quantitative estimate of drug-likeness (QED) is 0.709. The van der Waals surface area contributed by atoms with Gasteiger partial charge in [0.05, 0.1) is 0 Å². The molecule has 16 heavy (non-hydrogen) atoms. The molecule has 1 atom stereocenters. The van der Waals surface area contributed by atoms with E-state index >= 15 is 0 Å². The van der Waals surface area contributed by atoms with E-state index in [1.54, 1.807) is 0 Å². The molecule has 1 rings (SSSR count). The SMILES string of the molecule is CC(C)CCCCNC1CSCCC1(C)C. The van der Waals surface area contributed by atoms with Crippen LogP contribution in [-0.2, 0) is 0 Å². The Labute approximate surface area is 106 Å². The molecule has 1 aliphatic rings. The summed E-state index contributed by atoms with van der Waals surface area (Å²) in [6.45, 7) is 10.7. The molecular weight excluding hydrogens is 214 g/mol. The third-order valence-electron chi connectivity index (χ3n) is 3.72. The van der Waals surface area contributed by atoms with Gasteiger partial charge in [0.1, 0.15) is 0 Å². The Kier molecular flexibility index (Phi) is 6.20. The molecule has 0 aromatic carbocycles. The molecule has 1 nitrogen and oxygen atoms in total. The molecule has 1 fully saturated rings. The van der Waals surface area contributed by atoms with E-state index in [0.29, 0.717) is 5.41 Å². The van der Waals surface area contributed by atoms with Crippen LogP contribution in [0, 0.1) is 11.3 Å². The lowest BCUT2D eigenvalue weighted by atomic mass is 9.82. The smallest absolute Gasteiger partial charge is 0.0209 e. The zero-order valence-electron chi connectivity index (χ0n) is 11.5. The molecule has 0 amide bonds. The minimum Gasteiger partial charge on any atom is -0.313 e. The molecule has 0 aromatic rings. The lowest BCUT2D eigenvalue weighted by Gasteiger charge is -2.39. The molecule has 0 aliphatic carbocycles. The van der Waals surface area contributed by atoms with Crippen LogP contribution in [-0.4, -0.2) is 24.1 Å². The maximum absolute atomic E-state index is 3.76. The Morgan fingerprint density at radius 3 is 2.69 bits per heavy atom. The lowest BCUT2D eigenvalue weighted by molar-refractivity contribution is 0.245. The fourth-order valence-corrected chi connectivity index (χ4v) is 3.87. The first-order valence-corrected chi connectivity index (χ1v) is 7.99. The lowest BCUT2D eigenvalue weighted by Crippen LogP contribution is -2.46. The summed E-state index contributed by atoms with van der Waals surface area (Å²) in [5.74, 6) is 3.51. The Bertz CT molecular complexity index is 189. The van der Waals surface area contributed by atoms with Crippen molar-refractivity contribution in [1.82, 2.24) is 5.32 Å². The maximum atomic E-state index is 3.76. The minimum absolute atomic E-state index is 0.503. The van der Waals surface area contributed by atoms with Gasteiger partial charge in [0.25, 0.3) is 0 Å². The van der Waals surface area contributed by atoms with Crippen LogP contribution >= 0.6 is 11.8 Å². The number of thioether (sulfide) groups is 1. The predicted molar refractivity (Wildman–Crippen MR) is 76.2 cm³/mol. The zero-order valence-corrected chi connectivity index (χ0v) is 12.3. The molecule has 1 aliphatic heterocycles. The molecule has 0 spiro atoms. The monoisotopic (exact) mass is 243 g/mol. The molecular formula is C14H29NS. The largest absolute Gasteiger partial charge is 0.313 e. The van der Waals surface area contributed by atoms with E-state index in [1.165, 1.54) is 43.7 Å². The Morgan fingerprint density at radius 1 is 1.31 bits per heavy atom. The summed E-state index contributed by atoms with van der Waals surface area (Å²) >= 11 is 2.11. The van der Waals surface area contributed by atoms with Crippen LogP contribution in [0.4, 0.5) is 0 Å². The van der Waals surface area contributed by atoms with E-state index in [-0.39, 0.29) is 0 Å². The summed E-state index contributed by atoms with van der Waals surface area (Å²) in [5, 5.41) is 3.76. The van der Waals surface area contributed by atoms with Gasteiger partial charge in [0.2, 0.25) is 0 Å². The first kappa shape index (κ1) is 14.4. The number of unbranched alkanes of at least 4 members (excludes halogenated alkanes) is 1. The summed E-state index contributed by atoms with van der Waals surface area (Å²) in [7, 11) is 0. The van der Waals surface area contributed by atoms with Crippen molar-refractivity contribution in [1.29, 1.82) is 0 Å². The molecule has 2 heteroatoms. The van der Waals surface area contributed by atoms with E-state index < -0.39 is 0 Å². The van der Waals surface area contributed by atoms with Gasteiger partial charge >= 0.3 is 0 Å². The molecule has 1 unspecified atom stereocenters. The van der Waals surface area contributed by atoms with Crippen LogP contribution in [0.5, 0.6) is 0 Å². The average molecular weight is 243 g/mol. The number of hydrogen-bond acceptors (Lipinski definition) is 2. The van der Waals surface area contributed by atoms with Crippen molar-refractivity contribution in [2.75, 3.05) is 18.1 Å². The van der Waals surface area contributed by atoms with E-state index in [2.05, 4.69) is 44.8 Å². The Hall–Kier alpha value is 0.310. The van der Waals surface area contributed by atoms with E-state index in [4.69, 9.17) is 0 Å². The second-order valence-electron chi connectivity index (χ2n) is 6.21. The van der Waals surface area contributed by atoms with Gasteiger partial charge in [-0.15, -0.1) is 0 Å². The maximum Gasteiger partial charge on any atom is 0.0209 e. The van der Waals surface area contributed by atoms with Crippen LogP contribution in [0.15, 0.2) is 0 Å². The van der Waals surface area contributed by atoms with E-state index in [1.807, 2.05) is 0 Å². The van der Waals surface area contributed by atoms with Gasteiger partial charge in [-0.25, -0.2) is 0 Å². The molecule has 0 radical (unpaired) electrons. The van der Waals surface area contributed by atoms with Crippen molar-refractivity contribution < 1.29 is 0 Å². The third-order valence-corrected chi connectivity index (χ3v) is 4.78. The summed E-state index contributed by atoms with van der Waals surface area (Å²) in [6, 6.07) is 0.727. The van der Waals surface area contributed by atoms with Gasteiger partial charge in [0, 0.05) is 11.8 Å². The van der Waals surface area contributed by atoms with Crippen molar-refractivity contribution in [3.63, 3.8) is 0 Å². The third kappa shape index (κ3) is 5.09. The molecule has 0 saturated carbocycles. The fraction of sp³-hybridized carbons (Fsp3) is 1.00. The van der Waals surface area contributed by atoms with Gasteiger partial charge in [0.15, 0.2) is 0 Å². The van der Waals surface area contributed by atoms with Crippen molar-refractivity contribution >= 4 is 11.8 Å². The Morgan fingerprint density at radius 2 is 2.06 bits per heavy atom. The highest BCUT2D eigenvalue weighted by molar-refractivity contribution is 7.99. The van der Waals surface area contributed by atoms with Gasteiger partial charge in [-0.05, 0) is 36.5 Å². The molecule has 0 aromatic heterocycles. The second-order valence-corrected chi connectivity index (χ2v) is 7.36. The number of nitrogens with one attached hydrogen (secondary N) is 1. The summed E-state index contributed by atoms with van der Waals surface area (Å²) < 4.78 is 0. The summed E-state index contributed by atoms with van der Waals surface area (Å²) in [5.41, 5.74) is 0.503. The topological polar surface area (TPSA) is 12.0 Å². The minimum atomic E-state index is 0.503. The van der Waals surface area contributed by atoms with Gasteiger partial charge < -0.3 is 5.32 Å². The molecule has 1 saturated heterocycles. The van der Waals surface area contributed by atoms with Gasteiger partial charge in [-0.1, -0.05) is 40.5 Å². The van der Waals surface area contributed by atoms with E-state index in [9.17, 15) is 0 Å². The normalized spacial score (nSPS) is 24.9. The Balaban J connectivity index is 2.11. The molecule has 96 valence electrons.